The minimum Gasteiger partial charge on any atom is -0.345 e. The zero-order valence-electron chi connectivity index (χ0n) is 8.10. The second kappa shape index (κ2) is 4.63. The molecule has 0 spiro atoms. The van der Waals surface area contributed by atoms with Crippen molar-refractivity contribution >= 4 is 11.6 Å². The minimum atomic E-state index is 0.570. The maximum Gasteiger partial charge on any atom is 0.150 e. The summed E-state index contributed by atoms with van der Waals surface area (Å²) in [6.45, 7) is 4.90. The normalized spacial score (nSPS) is 11.2. The standard InChI is InChI=1S/C9H16ClN3/c1-6(2)5-8-12-7(3-4-11)9(10)13-8/h6H,3-5,11H2,1-2H3,(H,12,13). The highest BCUT2D eigenvalue weighted by Gasteiger charge is 2.08. The van der Waals surface area contributed by atoms with Gasteiger partial charge in [0, 0.05) is 12.8 Å². The largest absolute Gasteiger partial charge is 0.345 e. The van der Waals surface area contributed by atoms with Gasteiger partial charge in [0.15, 0.2) is 0 Å². The smallest absolute Gasteiger partial charge is 0.150 e. The Hall–Kier alpha value is -0.540. The van der Waals surface area contributed by atoms with Crippen LogP contribution in [0, 0.1) is 5.92 Å². The summed E-state index contributed by atoms with van der Waals surface area (Å²) in [7, 11) is 0. The molecular formula is C9H16ClN3. The van der Waals surface area contributed by atoms with E-state index >= 15 is 0 Å². The first-order valence-electron chi connectivity index (χ1n) is 4.56. The Morgan fingerprint density at radius 2 is 2.23 bits per heavy atom. The van der Waals surface area contributed by atoms with Crippen LogP contribution in [0.4, 0.5) is 0 Å². The third-order valence-electron chi connectivity index (χ3n) is 1.77. The van der Waals surface area contributed by atoms with Crippen molar-refractivity contribution in [2.45, 2.75) is 26.7 Å². The predicted molar refractivity (Wildman–Crippen MR) is 54.9 cm³/mol. The van der Waals surface area contributed by atoms with Crippen LogP contribution in [0.2, 0.25) is 5.15 Å². The summed E-state index contributed by atoms with van der Waals surface area (Å²) in [6, 6.07) is 0. The molecule has 0 aliphatic rings. The van der Waals surface area contributed by atoms with Gasteiger partial charge in [-0.1, -0.05) is 25.4 Å². The molecule has 0 bridgehead atoms. The van der Waals surface area contributed by atoms with Gasteiger partial charge in [-0.2, -0.15) is 0 Å². The molecule has 0 fully saturated rings. The molecule has 1 rings (SSSR count). The molecule has 0 amide bonds. The van der Waals surface area contributed by atoms with Gasteiger partial charge in [-0.15, -0.1) is 0 Å². The van der Waals surface area contributed by atoms with Crippen molar-refractivity contribution in [1.82, 2.24) is 9.97 Å². The lowest BCUT2D eigenvalue weighted by molar-refractivity contribution is 0.624. The number of hydrogen-bond acceptors (Lipinski definition) is 2. The molecule has 13 heavy (non-hydrogen) atoms. The van der Waals surface area contributed by atoms with Crippen LogP contribution in [0.3, 0.4) is 0 Å². The van der Waals surface area contributed by atoms with Gasteiger partial charge in [0.05, 0.1) is 5.69 Å². The molecule has 1 heterocycles. The van der Waals surface area contributed by atoms with Crippen molar-refractivity contribution in [2.75, 3.05) is 6.54 Å². The topological polar surface area (TPSA) is 54.7 Å². The lowest BCUT2D eigenvalue weighted by Crippen LogP contribution is -2.03. The number of imidazole rings is 1. The second-order valence-electron chi connectivity index (χ2n) is 3.59. The van der Waals surface area contributed by atoms with E-state index in [1.54, 1.807) is 0 Å². The number of halogens is 1. The molecular weight excluding hydrogens is 186 g/mol. The molecule has 74 valence electrons. The molecule has 0 aliphatic heterocycles. The zero-order valence-corrected chi connectivity index (χ0v) is 8.86. The number of nitrogens with zero attached hydrogens (tertiary/aromatic N) is 1. The van der Waals surface area contributed by atoms with E-state index in [0.717, 1.165) is 24.4 Å². The number of nitrogens with one attached hydrogen (secondary N) is 1. The number of aromatic amines is 1. The van der Waals surface area contributed by atoms with Crippen molar-refractivity contribution in [3.63, 3.8) is 0 Å². The molecule has 1 aromatic rings. The average molecular weight is 202 g/mol. The first kappa shape index (κ1) is 10.5. The zero-order chi connectivity index (χ0) is 9.84. The van der Waals surface area contributed by atoms with Crippen LogP contribution in [0.5, 0.6) is 0 Å². The van der Waals surface area contributed by atoms with Gasteiger partial charge in [0.25, 0.3) is 0 Å². The maximum atomic E-state index is 5.91. The van der Waals surface area contributed by atoms with Gasteiger partial charge >= 0.3 is 0 Å². The molecule has 1 aromatic heterocycles. The Labute approximate surface area is 83.7 Å². The molecule has 0 atom stereocenters. The minimum absolute atomic E-state index is 0.570. The lowest BCUT2D eigenvalue weighted by atomic mass is 10.1. The third kappa shape index (κ3) is 3.01. The summed E-state index contributed by atoms with van der Waals surface area (Å²) in [4.78, 5) is 7.41. The van der Waals surface area contributed by atoms with Crippen molar-refractivity contribution in [2.24, 2.45) is 11.7 Å². The molecule has 0 radical (unpaired) electrons. The number of nitrogens with two attached hydrogens (primary N) is 1. The summed E-state index contributed by atoms with van der Waals surface area (Å²) < 4.78 is 0. The fraction of sp³-hybridized carbons (Fsp3) is 0.667. The highest BCUT2D eigenvalue weighted by molar-refractivity contribution is 6.30. The van der Waals surface area contributed by atoms with E-state index in [2.05, 4.69) is 23.8 Å². The average Bonchev–Trinajstić information content (AvgIpc) is 2.31. The van der Waals surface area contributed by atoms with Crippen LogP contribution in [-0.2, 0) is 12.8 Å². The van der Waals surface area contributed by atoms with Crippen LogP contribution in [0.25, 0.3) is 0 Å². The number of rotatable bonds is 4. The highest BCUT2D eigenvalue weighted by atomic mass is 35.5. The van der Waals surface area contributed by atoms with Gasteiger partial charge < -0.3 is 10.7 Å². The van der Waals surface area contributed by atoms with E-state index in [4.69, 9.17) is 17.3 Å². The quantitative estimate of drug-likeness (QED) is 0.780. The monoisotopic (exact) mass is 201 g/mol. The lowest BCUT2D eigenvalue weighted by Gasteiger charge is -1.99. The Bertz CT molecular complexity index is 268. The predicted octanol–water partition coefficient (Wildman–Crippen LogP) is 1.76. The summed E-state index contributed by atoms with van der Waals surface area (Å²) >= 11 is 5.91. The van der Waals surface area contributed by atoms with Crippen LogP contribution in [0.1, 0.15) is 25.4 Å². The second-order valence-corrected chi connectivity index (χ2v) is 3.95. The van der Waals surface area contributed by atoms with E-state index in [0.29, 0.717) is 17.6 Å². The number of hydrogen-bond donors (Lipinski definition) is 2. The Morgan fingerprint density at radius 1 is 1.54 bits per heavy atom. The van der Waals surface area contributed by atoms with E-state index in [1.807, 2.05) is 0 Å². The Kier molecular flexibility index (Phi) is 3.75. The molecule has 4 heteroatoms. The summed E-state index contributed by atoms with van der Waals surface area (Å²) in [5.74, 6) is 1.55. The van der Waals surface area contributed by atoms with E-state index in [-0.39, 0.29) is 0 Å². The van der Waals surface area contributed by atoms with E-state index in [9.17, 15) is 0 Å². The van der Waals surface area contributed by atoms with Crippen LogP contribution in [0.15, 0.2) is 0 Å². The SMILES string of the molecule is CC(C)Cc1nc(Cl)c(CCN)[nH]1. The van der Waals surface area contributed by atoms with Crippen LogP contribution < -0.4 is 5.73 Å². The van der Waals surface area contributed by atoms with Crippen molar-refractivity contribution < 1.29 is 0 Å². The van der Waals surface area contributed by atoms with Crippen LogP contribution in [-0.4, -0.2) is 16.5 Å². The van der Waals surface area contributed by atoms with Crippen LogP contribution >= 0.6 is 11.6 Å². The maximum absolute atomic E-state index is 5.91. The fourth-order valence-electron chi connectivity index (χ4n) is 1.23. The Morgan fingerprint density at radius 3 is 2.77 bits per heavy atom. The van der Waals surface area contributed by atoms with Crippen molar-refractivity contribution in [1.29, 1.82) is 0 Å². The molecule has 0 saturated carbocycles. The van der Waals surface area contributed by atoms with Gasteiger partial charge in [0.1, 0.15) is 11.0 Å². The molecule has 3 nitrogen and oxygen atoms in total. The fourth-order valence-corrected chi connectivity index (χ4v) is 1.48. The van der Waals surface area contributed by atoms with Gasteiger partial charge in [-0.25, -0.2) is 4.98 Å². The molecule has 0 saturated heterocycles. The van der Waals surface area contributed by atoms with Crippen molar-refractivity contribution in [3.8, 4) is 0 Å². The Balaban J connectivity index is 2.70. The summed E-state index contributed by atoms with van der Waals surface area (Å²) in [5.41, 5.74) is 6.39. The van der Waals surface area contributed by atoms with Gasteiger partial charge in [0.2, 0.25) is 0 Å². The molecule has 0 aromatic carbocycles. The molecule has 3 N–H and O–H groups in total. The highest BCUT2D eigenvalue weighted by Crippen LogP contribution is 2.14. The number of H-pyrrole nitrogens is 1. The summed E-state index contributed by atoms with van der Waals surface area (Å²) in [6.07, 6.45) is 1.70. The van der Waals surface area contributed by atoms with E-state index < -0.39 is 0 Å². The van der Waals surface area contributed by atoms with Crippen molar-refractivity contribution in [3.05, 3.63) is 16.7 Å². The summed E-state index contributed by atoms with van der Waals surface area (Å²) in [5, 5.41) is 0.570. The first-order chi connectivity index (χ1) is 6.13. The molecule has 0 aliphatic carbocycles. The first-order valence-corrected chi connectivity index (χ1v) is 4.94. The van der Waals surface area contributed by atoms with E-state index in [1.165, 1.54) is 0 Å². The third-order valence-corrected chi connectivity index (χ3v) is 2.09. The van der Waals surface area contributed by atoms with Gasteiger partial charge in [-0.05, 0) is 12.5 Å². The number of aromatic nitrogens is 2. The molecule has 0 unspecified atom stereocenters. The van der Waals surface area contributed by atoms with Gasteiger partial charge in [-0.3, -0.25) is 0 Å².